The van der Waals surface area contributed by atoms with Gasteiger partial charge in [-0.05, 0) is 29.8 Å². The van der Waals surface area contributed by atoms with Crippen molar-refractivity contribution in [3.63, 3.8) is 0 Å². The van der Waals surface area contributed by atoms with Crippen molar-refractivity contribution >= 4 is 29.9 Å². The third-order valence-electron chi connectivity index (χ3n) is 3.86. The van der Waals surface area contributed by atoms with Crippen LogP contribution in [0.5, 0.6) is 5.75 Å². The summed E-state index contributed by atoms with van der Waals surface area (Å²) in [5.74, 6) is 1.02. The fourth-order valence-corrected chi connectivity index (χ4v) is 2.47. The first kappa shape index (κ1) is 18.6. The minimum atomic E-state index is -0.0939. The Balaban J connectivity index is 0.00000208. The summed E-state index contributed by atoms with van der Waals surface area (Å²) in [6.07, 6.45) is 0. The molecule has 3 rings (SSSR count). The molecule has 2 aromatic carbocycles. The molecule has 0 aliphatic carbocycles. The number of nitrogens with one attached hydrogen (secondary N) is 2. The molecule has 2 aromatic rings. The van der Waals surface area contributed by atoms with Crippen molar-refractivity contribution in [2.45, 2.75) is 6.61 Å². The van der Waals surface area contributed by atoms with Gasteiger partial charge in [-0.1, -0.05) is 35.9 Å². The Morgan fingerprint density at radius 3 is 2.54 bits per heavy atom. The molecule has 2 N–H and O–H groups in total. The smallest absolute Gasteiger partial charge is 0.255 e. The fraction of sp³-hybridized carbons (Fsp3) is 0.278. The highest BCUT2D eigenvalue weighted by molar-refractivity contribution is 6.30. The van der Waals surface area contributed by atoms with E-state index < -0.39 is 0 Å². The standard InChI is InChI=1S/C18H19ClN2O2.ClH/c19-15-7-5-13(6-8-15)12-23-17-4-2-1-3-16(17)18(22)21-11-14-9-20-10-14;/h1-8,14,20H,9-12H2,(H,21,22);1H. The first-order chi connectivity index (χ1) is 11.2. The van der Waals surface area contributed by atoms with E-state index in [9.17, 15) is 4.79 Å². The van der Waals surface area contributed by atoms with Crippen molar-refractivity contribution in [1.82, 2.24) is 10.6 Å². The van der Waals surface area contributed by atoms with Crippen molar-refractivity contribution in [2.24, 2.45) is 5.92 Å². The van der Waals surface area contributed by atoms with Gasteiger partial charge in [0.1, 0.15) is 12.4 Å². The van der Waals surface area contributed by atoms with Crippen LogP contribution in [-0.4, -0.2) is 25.5 Å². The van der Waals surface area contributed by atoms with Crippen LogP contribution in [0.15, 0.2) is 48.5 Å². The Hall–Kier alpha value is -1.75. The number of para-hydroxylation sites is 1. The summed E-state index contributed by atoms with van der Waals surface area (Å²) in [7, 11) is 0. The molecule has 24 heavy (non-hydrogen) atoms. The van der Waals surface area contributed by atoms with Gasteiger partial charge in [-0.2, -0.15) is 0 Å². The van der Waals surface area contributed by atoms with Crippen LogP contribution in [0.2, 0.25) is 5.02 Å². The number of hydrogen-bond donors (Lipinski definition) is 2. The van der Waals surface area contributed by atoms with E-state index in [1.807, 2.05) is 42.5 Å². The molecule has 0 atom stereocenters. The maximum atomic E-state index is 12.3. The second-order valence-electron chi connectivity index (χ2n) is 5.65. The third kappa shape index (κ3) is 4.87. The first-order valence-corrected chi connectivity index (χ1v) is 8.05. The van der Waals surface area contributed by atoms with Crippen LogP contribution in [0.25, 0.3) is 0 Å². The van der Waals surface area contributed by atoms with Gasteiger partial charge in [-0.3, -0.25) is 4.79 Å². The molecule has 1 aliphatic heterocycles. The molecular formula is C18H20Cl2N2O2. The Morgan fingerprint density at radius 1 is 1.17 bits per heavy atom. The second kappa shape index (κ2) is 8.92. The third-order valence-corrected chi connectivity index (χ3v) is 4.11. The highest BCUT2D eigenvalue weighted by atomic mass is 35.5. The van der Waals surface area contributed by atoms with E-state index in [2.05, 4.69) is 10.6 Å². The summed E-state index contributed by atoms with van der Waals surface area (Å²) in [4.78, 5) is 12.3. The predicted molar refractivity (Wildman–Crippen MR) is 98.2 cm³/mol. The zero-order chi connectivity index (χ0) is 16.1. The van der Waals surface area contributed by atoms with Crippen molar-refractivity contribution in [3.8, 4) is 5.75 Å². The molecule has 0 spiro atoms. The van der Waals surface area contributed by atoms with E-state index in [1.54, 1.807) is 6.07 Å². The topological polar surface area (TPSA) is 50.4 Å². The van der Waals surface area contributed by atoms with Gasteiger partial charge < -0.3 is 15.4 Å². The molecule has 0 unspecified atom stereocenters. The number of ether oxygens (including phenoxy) is 1. The van der Waals surface area contributed by atoms with Crippen LogP contribution < -0.4 is 15.4 Å². The summed E-state index contributed by atoms with van der Waals surface area (Å²) in [6, 6.07) is 14.8. The molecule has 1 amide bonds. The van der Waals surface area contributed by atoms with Crippen molar-refractivity contribution in [1.29, 1.82) is 0 Å². The number of amides is 1. The van der Waals surface area contributed by atoms with Gasteiger partial charge in [0.2, 0.25) is 0 Å². The summed E-state index contributed by atoms with van der Waals surface area (Å²) in [5.41, 5.74) is 1.57. The Bertz CT molecular complexity index is 673. The molecule has 1 heterocycles. The lowest BCUT2D eigenvalue weighted by molar-refractivity contribution is 0.0937. The van der Waals surface area contributed by atoms with Crippen LogP contribution in [-0.2, 0) is 6.61 Å². The van der Waals surface area contributed by atoms with E-state index in [4.69, 9.17) is 16.3 Å². The number of halogens is 2. The zero-order valence-electron chi connectivity index (χ0n) is 13.1. The van der Waals surface area contributed by atoms with Crippen LogP contribution in [0.4, 0.5) is 0 Å². The molecule has 1 saturated heterocycles. The maximum Gasteiger partial charge on any atom is 0.255 e. The quantitative estimate of drug-likeness (QED) is 0.824. The largest absolute Gasteiger partial charge is 0.488 e. The lowest BCUT2D eigenvalue weighted by Crippen LogP contribution is -2.48. The average molecular weight is 367 g/mol. The summed E-state index contributed by atoms with van der Waals surface area (Å²) < 4.78 is 5.82. The van der Waals surface area contributed by atoms with Gasteiger partial charge in [-0.15, -0.1) is 12.4 Å². The normalized spacial score (nSPS) is 13.5. The highest BCUT2D eigenvalue weighted by Gasteiger charge is 2.19. The van der Waals surface area contributed by atoms with Crippen molar-refractivity contribution in [3.05, 3.63) is 64.7 Å². The number of benzene rings is 2. The highest BCUT2D eigenvalue weighted by Crippen LogP contribution is 2.20. The fourth-order valence-electron chi connectivity index (χ4n) is 2.35. The molecular weight excluding hydrogens is 347 g/mol. The van der Waals surface area contributed by atoms with E-state index in [-0.39, 0.29) is 18.3 Å². The van der Waals surface area contributed by atoms with E-state index in [0.717, 1.165) is 18.7 Å². The zero-order valence-corrected chi connectivity index (χ0v) is 14.7. The van der Waals surface area contributed by atoms with Crippen LogP contribution in [0.3, 0.4) is 0 Å². The molecule has 128 valence electrons. The molecule has 4 nitrogen and oxygen atoms in total. The minimum Gasteiger partial charge on any atom is -0.488 e. The van der Waals surface area contributed by atoms with Gasteiger partial charge in [-0.25, -0.2) is 0 Å². The van der Waals surface area contributed by atoms with Crippen molar-refractivity contribution in [2.75, 3.05) is 19.6 Å². The number of rotatable bonds is 6. The monoisotopic (exact) mass is 366 g/mol. The van der Waals surface area contributed by atoms with Crippen molar-refractivity contribution < 1.29 is 9.53 Å². The Morgan fingerprint density at radius 2 is 1.88 bits per heavy atom. The summed E-state index contributed by atoms with van der Waals surface area (Å²) in [5, 5.41) is 6.86. The lowest BCUT2D eigenvalue weighted by Gasteiger charge is -2.27. The van der Waals surface area contributed by atoms with E-state index in [0.29, 0.717) is 35.4 Å². The van der Waals surface area contributed by atoms with E-state index >= 15 is 0 Å². The number of carbonyl (C=O) groups excluding carboxylic acids is 1. The minimum absolute atomic E-state index is 0. The van der Waals surface area contributed by atoms with Gasteiger partial charge in [0.15, 0.2) is 0 Å². The van der Waals surface area contributed by atoms with Crippen LogP contribution in [0, 0.1) is 5.92 Å². The van der Waals surface area contributed by atoms with E-state index in [1.165, 1.54) is 0 Å². The second-order valence-corrected chi connectivity index (χ2v) is 6.08. The van der Waals surface area contributed by atoms with Gasteiger partial charge in [0, 0.05) is 30.6 Å². The SMILES string of the molecule is Cl.O=C(NCC1CNC1)c1ccccc1OCc1ccc(Cl)cc1. The molecule has 0 bridgehead atoms. The lowest BCUT2D eigenvalue weighted by atomic mass is 10.0. The summed E-state index contributed by atoms with van der Waals surface area (Å²) in [6.45, 7) is 3.02. The predicted octanol–water partition coefficient (Wildman–Crippen LogP) is 3.29. The number of hydrogen-bond acceptors (Lipinski definition) is 3. The van der Waals surface area contributed by atoms with Crippen LogP contribution >= 0.6 is 24.0 Å². The maximum absolute atomic E-state index is 12.3. The van der Waals surface area contributed by atoms with Crippen LogP contribution in [0.1, 0.15) is 15.9 Å². The van der Waals surface area contributed by atoms with Gasteiger partial charge in [0.25, 0.3) is 5.91 Å². The van der Waals surface area contributed by atoms with Gasteiger partial charge >= 0.3 is 0 Å². The Kier molecular flexibility index (Phi) is 6.91. The molecule has 0 radical (unpaired) electrons. The summed E-state index contributed by atoms with van der Waals surface area (Å²) >= 11 is 5.87. The molecule has 0 saturated carbocycles. The molecule has 1 aliphatic rings. The van der Waals surface area contributed by atoms with Gasteiger partial charge in [0.05, 0.1) is 5.56 Å². The average Bonchev–Trinajstić information content (AvgIpc) is 2.53. The molecule has 0 aromatic heterocycles. The first-order valence-electron chi connectivity index (χ1n) is 7.67. The Labute approximate surface area is 153 Å². The number of carbonyl (C=O) groups is 1. The molecule has 6 heteroatoms. The molecule has 1 fully saturated rings.